The lowest BCUT2D eigenvalue weighted by Gasteiger charge is -2.31. The number of halogens is 2. The SMILES string of the molecule is N[C@H]1CCc2cc(F)c(Cl)cc2C1OP(=O)(O)O. The Hall–Kier alpha value is -0.490. The molecular formula is C10H12ClFNO4P. The number of hydrogen-bond donors (Lipinski definition) is 3. The second kappa shape index (κ2) is 4.89. The number of phosphoric acid groups is 1. The molecule has 2 atom stereocenters. The highest BCUT2D eigenvalue weighted by Gasteiger charge is 2.34. The molecule has 5 nitrogen and oxygen atoms in total. The van der Waals surface area contributed by atoms with Crippen molar-refractivity contribution in [2.24, 2.45) is 5.73 Å². The molecule has 1 aromatic carbocycles. The molecular weight excluding hydrogens is 284 g/mol. The maximum Gasteiger partial charge on any atom is 0.470 e. The Morgan fingerprint density at radius 3 is 2.78 bits per heavy atom. The van der Waals surface area contributed by atoms with Crippen LogP contribution in [0.1, 0.15) is 23.7 Å². The highest BCUT2D eigenvalue weighted by Crippen LogP contribution is 2.46. The molecule has 0 radical (unpaired) electrons. The van der Waals surface area contributed by atoms with E-state index in [9.17, 15) is 8.96 Å². The largest absolute Gasteiger partial charge is 0.470 e. The fourth-order valence-electron chi connectivity index (χ4n) is 2.07. The smallest absolute Gasteiger partial charge is 0.325 e. The summed E-state index contributed by atoms with van der Waals surface area (Å²) in [5, 5.41) is -0.123. The van der Waals surface area contributed by atoms with Gasteiger partial charge in [0, 0.05) is 6.04 Å². The Bertz CT molecular complexity index is 521. The van der Waals surface area contributed by atoms with Crippen molar-refractivity contribution < 1.29 is 23.3 Å². The molecule has 18 heavy (non-hydrogen) atoms. The topological polar surface area (TPSA) is 92.8 Å². The van der Waals surface area contributed by atoms with Crippen LogP contribution in [0.5, 0.6) is 0 Å². The van der Waals surface area contributed by atoms with Crippen molar-refractivity contribution in [3.05, 3.63) is 34.1 Å². The summed E-state index contributed by atoms with van der Waals surface area (Å²) in [5.41, 5.74) is 6.83. The van der Waals surface area contributed by atoms with Crippen LogP contribution in [0.3, 0.4) is 0 Å². The highest BCUT2D eigenvalue weighted by molar-refractivity contribution is 7.46. The third-order valence-electron chi connectivity index (χ3n) is 2.88. The normalized spacial score (nSPS) is 23.8. The van der Waals surface area contributed by atoms with Gasteiger partial charge in [0.1, 0.15) is 11.9 Å². The molecule has 1 aromatic rings. The standard InChI is InChI=1S/C10H12ClFNO4P/c11-7-4-6-5(3-8(7)12)1-2-9(13)10(6)17-18(14,15)16/h3-4,9-10H,1-2,13H2,(H2,14,15,16)/t9-,10?/m0/s1. The predicted octanol–water partition coefficient (Wildman–Crippen LogP) is 1.90. The first-order valence-corrected chi connectivity index (χ1v) is 7.16. The quantitative estimate of drug-likeness (QED) is 0.725. The van der Waals surface area contributed by atoms with Crippen LogP contribution < -0.4 is 5.73 Å². The van der Waals surface area contributed by atoms with Gasteiger partial charge in [-0.15, -0.1) is 0 Å². The molecule has 0 heterocycles. The third-order valence-corrected chi connectivity index (χ3v) is 3.67. The van der Waals surface area contributed by atoms with Crippen LogP contribution in [-0.2, 0) is 15.5 Å². The molecule has 1 unspecified atom stereocenters. The van der Waals surface area contributed by atoms with E-state index >= 15 is 0 Å². The van der Waals surface area contributed by atoms with E-state index in [1.165, 1.54) is 12.1 Å². The van der Waals surface area contributed by atoms with Crippen molar-refractivity contribution in [3.63, 3.8) is 0 Å². The van der Waals surface area contributed by atoms with Gasteiger partial charge < -0.3 is 15.5 Å². The van der Waals surface area contributed by atoms with Gasteiger partial charge in [-0.05, 0) is 36.1 Å². The average Bonchev–Trinajstić information content (AvgIpc) is 2.24. The third kappa shape index (κ3) is 2.91. The Morgan fingerprint density at radius 2 is 2.17 bits per heavy atom. The summed E-state index contributed by atoms with van der Waals surface area (Å²) in [4.78, 5) is 17.7. The molecule has 0 spiro atoms. The van der Waals surface area contributed by atoms with Crippen molar-refractivity contribution in [1.82, 2.24) is 0 Å². The molecule has 1 aliphatic rings. The minimum Gasteiger partial charge on any atom is -0.325 e. The molecule has 0 amide bonds. The van der Waals surface area contributed by atoms with Crippen LogP contribution in [0.4, 0.5) is 4.39 Å². The molecule has 0 aliphatic heterocycles. The summed E-state index contributed by atoms with van der Waals surface area (Å²) in [6, 6.07) is 2.00. The average molecular weight is 296 g/mol. The van der Waals surface area contributed by atoms with Crippen LogP contribution in [0, 0.1) is 5.82 Å². The van der Waals surface area contributed by atoms with Crippen LogP contribution in [0.15, 0.2) is 12.1 Å². The van der Waals surface area contributed by atoms with Crippen molar-refractivity contribution in [1.29, 1.82) is 0 Å². The summed E-state index contributed by atoms with van der Waals surface area (Å²) in [6.45, 7) is 0. The van der Waals surface area contributed by atoms with Crippen LogP contribution in [0.25, 0.3) is 0 Å². The highest BCUT2D eigenvalue weighted by atomic mass is 35.5. The zero-order valence-corrected chi connectivity index (χ0v) is 10.9. The number of rotatable bonds is 2. The Morgan fingerprint density at radius 1 is 1.50 bits per heavy atom. The van der Waals surface area contributed by atoms with E-state index in [2.05, 4.69) is 4.52 Å². The molecule has 2 rings (SSSR count). The second-order valence-corrected chi connectivity index (χ2v) is 5.78. The first-order valence-electron chi connectivity index (χ1n) is 5.25. The molecule has 0 fully saturated rings. The first-order chi connectivity index (χ1) is 8.28. The summed E-state index contributed by atoms with van der Waals surface area (Å²) < 4.78 is 28.9. The molecule has 4 N–H and O–H groups in total. The molecule has 1 aliphatic carbocycles. The maximum absolute atomic E-state index is 13.3. The van der Waals surface area contributed by atoms with Crippen molar-refractivity contribution >= 4 is 19.4 Å². The van der Waals surface area contributed by atoms with Gasteiger partial charge in [-0.3, -0.25) is 4.52 Å². The number of nitrogens with two attached hydrogens (primary N) is 1. The second-order valence-electron chi connectivity index (χ2n) is 4.18. The van der Waals surface area contributed by atoms with Gasteiger partial charge in [-0.2, -0.15) is 0 Å². The van der Waals surface area contributed by atoms with Gasteiger partial charge in [0.2, 0.25) is 0 Å². The predicted molar refractivity (Wildman–Crippen MR) is 63.6 cm³/mol. The van der Waals surface area contributed by atoms with Gasteiger partial charge in [0.15, 0.2) is 0 Å². The Balaban J connectivity index is 2.44. The van der Waals surface area contributed by atoms with E-state index in [0.717, 1.165) is 0 Å². The van der Waals surface area contributed by atoms with Crippen LogP contribution >= 0.6 is 19.4 Å². The lowest BCUT2D eigenvalue weighted by atomic mass is 9.86. The minimum atomic E-state index is -4.67. The van der Waals surface area contributed by atoms with E-state index < -0.39 is 25.8 Å². The molecule has 100 valence electrons. The van der Waals surface area contributed by atoms with Gasteiger partial charge in [-0.1, -0.05) is 11.6 Å². The van der Waals surface area contributed by atoms with Crippen LogP contribution in [0.2, 0.25) is 5.02 Å². The van der Waals surface area contributed by atoms with Crippen molar-refractivity contribution in [3.8, 4) is 0 Å². The van der Waals surface area contributed by atoms with E-state index in [1.807, 2.05) is 0 Å². The lowest BCUT2D eigenvalue weighted by molar-refractivity contribution is 0.105. The fourth-order valence-corrected chi connectivity index (χ4v) is 2.81. The number of fused-ring (bicyclic) bond motifs is 1. The van der Waals surface area contributed by atoms with Gasteiger partial charge in [-0.25, -0.2) is 8.96 Å². The van der Waals surface area contributed by atoms with E-state index in [4.69, 9.17) is 27.1 Å². The zero-order chi connectivity index (χ0) is 13.5. The summed E-state index contributed by atoms with van der Waals surface area (Å²) in [5.74, 6) is -0.569. The molecule has 0 bridgehead atoms. The van der Waals surface area contributed by atoms with Crippen LogP contribution in [-0.4, -0.2) is 15.8 Å². The summed E-state index contributed by atoms with van der Waals surface area (Å²) in [6.07, 6.45) is -0.00246. The van der Waals surface area contributed by atoms with E-state index in [-0.39, 0.29) is 5.02 Å². The monoisotopic (exact) mass is 295 g/mol. The number of phosphoric ester groups is 1. The molecule has 0 saturated carbocycles. The Kier molecular flexibility index (Phi) is 3.78. The zero-order valence-electron chi connectivity index (χ0n) is 9.22. The number of aryl methyl sites for hydroxylation is 1. The minimum absolute atomic E-state index is 0.123. The molecule has 0 aromatic heterocycles. The number of hydrogen-bond acceptors (Lipinski definition) is 3. The van der Waals surface area contributed by atoms with E-state index in [0.29, 0.717) is 24.0 Å². The van der Waals surface area contributed by atoms with Gasteiger partial charge in [0.25, 0.3) is 0 Å². The Labute approximate surface area is 108 Å². The first kappa shape index (κ1) is 13.9. The molecule has 8 heteroatoms. The van der Waals surface area contributed by atoms with Crippen molar-refractivity contribution in [2.75, 3.05) is 0 Å². The maximum atomic E-state index is 13.3. The fraction of sp³-hybridized carbons (Fsp3) is 0.400. The van der Waals surface area contributed by atoms with Gasteiger partial charge in [0.05, 0.1) is 5.02 Å². The summed E-state index contributed by atoms with van der Waals surface area (Å²) in [7, 11) is -4.67. The summed E-state index contributed by atoms with van der Waals surface area (Å²) >= 11 is 5.66. The van der Waals surface area contributed by atoms with E-state index in [1.54, 1.807) is 0 Å². The lowest BCUT2D eigenvalue weighted by Crippen LogP contribution is -2.34. The molecule has 0 saturated heterocycles. The van der Waals surface area contributed by atoms with Crippen molar-refractivity contribution in [2.45, 2.75) is 25.0 Å². The van der Waals surface area contributed by atoms with Gasteiger partial charge >= 0.3 is 7.82 Å². The number of benzene rings is 1.